The van der Waals surface area contributed by atoms with Crippen molar-refractivity contribution < 1.29 is 33.4 Å². The molecule has 24 heavy (non-hydrogen) atoms. The lowest BCUT2D eigenvalue weighted by molar-refractivity contribution is -0.147. The average molecular weight is 383 g/mol. The van der Waals surface area contributed by atoms with Crippen LogP contribution in [-0.4, -0.2) is 57.3 Å². The second-order valence-corrected chi connectivity index (χ2v) is 6.46. The molecule has 0 radical (unpaired) electrons. The number of ketones is 1. The van der Waals surface area contributed by atoms with E-state index in [1.165, 1.54) is 14.2 Å². The van der Waals surface area contributed by atoms with Crippen LogP contribution < -0.4 is 5.32 Å². The highest BCUT2D eigenvalue weighted by Crippen LogP contribution is 2.20. The standard InChI is InChI=1S/C10H19NO5P2.C4H8O2/c1-11-10(14)15-5-2-3-8(12)7-16-9(13)4-6-18-17;1-3-4(5)6-2/h18H,2-7,17H2,1H3,(H,11,14);3H2,1-2H3. The molecule has 0 saturated carbocycles. The van der Waals surface area contributed by atoms with Crippen molar-refractivity contribution in [2.75, 3.05) is 33.5 Å². The summed E-state index contributed by atoms with van der Waals surface area (Å²) in [5, 5.41) is 2.30. The zero-order valence-corrected chi connectivity index (χ0v) is 16.5. The van der Waals surface area contributed by atoms with Crippen LogP contribution in [0.5, 0.6) is 0 Å². The van der Waals surface area contributed by atoms with E-state index in [0.717, 1.165) is 6.16 Å². The van der Waals surface area contributed by atoms with Gasteiger partial charge in [-0.3, -0.25) is 14.4 Å². The number of amides is 1. The normalized spacial score (nSPS) is 9.67. The number of ether oxygens (including phenoxy) is 3. The van der Waals surface area contributed by atoms with Crippen LogP contribution in [0.2, 0.25) is 0 Å². The fraction of sp³-hybridized carbons (Fsp3) is 0.714. The molecule has 0 aliphatic carbocycles. The number of carbonyl (C=O) groups excluding carboxylic acids is 4. The van der Waals surface area contributed by atoms with E-state index in [1.807, 2.05) is 0 Å². The van der Waals surface area contributed by atoms with Crippen LogP contribution in [0, 0.1) is 0 Å². The molecule has 0 aliphatic heterocycles. The molecule has 0 aromatic heterocycles. The van der Waals surface area contributed by atoms with Crippen molar-refractivity contribution in [1.82, 2.24) is 5.32 Å². The zero-order chi connectivity index (χ0) is 18.8. The largest absolute Gasteiger partial charge is 0.469 e. The summed E-state index contributed by atoms with van der Waals surface area (Å²) in [7, 11) is 6.01. The van der Waals surface area contributed by atoms with Gasteiger partial charge in [-0.25, -0.2) is 4.79 Å². The first kappa shape index (κ1) is 25.0. The molecule has 0 spiro atoms. The lowest BCUT2D eigenvalue weighted by Gasteiger charge is -2.04. The van der Waals surface area contributed by atoms with Crippen LogP contribution in [0.15, 0.2) is 0 Å². The summed E-state index contributed by atoms with van der Waals surface area (Å²) >= 11 is 0. The molecular weight excluding hydrogens is 356 g/mol. The van der Waals surface area contributed by atoms with Gasteiger partial charge in [0.1, 0.15) is 6.61 Å². The summed E-state index contributed by atoms with van der Waals surface area (Å²) < 4.78 is 13.8. The highest BCUT2D eigenvalue weighted by Gasteiger charge is 2.07. The minimum absolute atomic E-state index is 0.157. The Morgan fingerprint density at radius 2 is 1.75 bits per heavy atom. The van der Waals surface area contributed by atoms with Crippen molar-refractivity contribution in [3.63, 3.8) is 0 Å². The first-order chi connectivity index (χ1) is 11.4. The Bertz CT molecular complexity index is 385. The Kier molecular flexibility index (Phi) is 18.8. The average Bonchev–Trinajstić information content (AvgIpc) is 2.61. The van der Waals surface area contributed by atoms with Gasteiger partial charge in [0.05, 0.1) is 13.7 Å². The van der Waals surface area contributed by atoms with E-state index in [-0.39, 0.29) is 37.4 Å². The fourth-order valence-electron chi connectivity index (χ4n) is 1.13. The van der Waals surface area contributed by atoms with E-state index in [1.54, 1.807) is 6.92 Å². The van der Waals surface area contributed by atoms with Gasteiger partial charge in [-0.2, -0.15) is 0 Å². The fourth-order valence-corrected chi connectivity index (χ4v) is 1.91. The first-order valence-corrected chi connectivity index (χ1v) is 10.4. The second-order valence-electron chi connectivity index (χ2n) is 4.32. The smallest absolute Gasteiger partial charge is 0.406 e. The number of methoxy groups -OCH3 is 1. The summed E-state index contributed by atoms with van der Waals surface area (Å²) in [6.07, 6.45) is 1.71. The van der Waals surface area contributed by atoms with Crippen LogP contribution in [0.25, 0.3) is 0 Å². The highest BCUT2D eigenvalue weighted by molar-refractivity contribution is 8.02. The quantitative estimate of drug-likeness (QED) is 0.265. The predicted octanol–water partition coefficient (Wildman–Crippen LogP) is 1.66. The number of hydrogen-bond donors (Lipinski definition) is 1. The van der Waals surface area contributed by atoms with Gasteiger partial charge in [0, 0.05) is 26.3 Å². The molecule has 0 aromatic rings. The molecule has 0 saturated heterocycles. The summed E-state index contributed by atoms with van der Waals surface area (Å²) in [5.74, 6) is -0.674. The summed E-state index contributed by atoms with van der Waals surface area (Å²) in [5.41, 5.74) is 0. The van der Waals surface area contributed by atoms with Crippen molar-refractivity contribution in [3.05, 3.63) is 0 Å². The zero-order valence-electron chi connectivity index (χ0n) is 14.4. The van der Waals surface area contributed by atoms with E-state index in [9.17, 15) is 19.2 Å². The second kappa shape index (κ2) is 18.1. The molecule has 0 heterocycles. The van der Waals surface area contributed by atoms with Gasteiger partial charge in [0.2, 0.25) is 0 Å². The van der Waals surface area contributed by atoms with E-state index < -0.39 is 6.09 Å². The molecule has 140 valence electrons. The van der Waals surface area contributed by atoms with Crippen molar-refractivity contribution >= 4 is 41.0 Å². The van der Waals surface area contributed by atoms with Gasteiger partial charge in [-0.15, -0.1) is 17.2 Å². The molecule has 1 amide bonds. The lowest BCUT2D eigenvalue weighted by atomic mass is 10.2. The van der Waals surface area contributed by atoms with Crippen LogP contribution in [0.4, 0.5) is 4.79 Å². The Labute approximate surface area is 146 Å². The minimum Gasteiger partial charge on any atom is -0.469 e. The summed E-state index contributed by atoms with van der Waals surface area (Å²) in [4.78, 5) is 43.0. The highest BCUT2D eigenvalue weighted by atomic mass is 32.0. The summed E-state index contributed by atoms with van der Waals surface area (Å²) in [6, 6.07) is 0. The molecule has 8 nitrogen and oxygen atoms in total. The van der Waals surface area contributed by atoms with Crippen molar-refractivity contribution in [3.8, 4) is 0 Å². The SMILES string of the molecule is CCC(=O)OC.CNC(=O)OCCCC(=O)COC(=O)CCPP. The monoisotopic (exact) mass is 383 g/mol. The number of alkyl carbamates (subject to hydrolysis) is 1. The summed E-state index contributed by atoms with van der Waals surface area (Å²) in [6.45, 7) is 1.73. The van der Waals surface area contributed by atoms with Gasteiger partial charge in [0.25, 0.3) is 0 Å². The molecule has 2 atom stereocenters. The van der Waals surface area contributed by atoms with Crippen molar-refractivity contribution in [2.24, 2.45) is 0 Å². The van der Waals surface area contributed by atoms with E-state index in [0.29, 0.717) is 27.5 Å². The first-order valence-electron chi connectivity index (χ1n) is 7.43. The Hall–Kier alpha value is -1.26. The number of carbonyl (C=O) groups is 4. The maximum absolute atomic E-state index is 11.3. The lowest BCUT2D eigenvalue weighted by Crippen LogP contribution is -2.20. The maximum Gasteiger partial charge on any atom is 0.406 e. The number of esters is 2. The Balaban J connectivity index is 0. The minimum atomic E-state index is -0.521. The predicted molar refractivity (Wildman–Crippen MR) is 95.4 cm³/mol. The Morgan fingerprint density at radius 1 is 1.08 bits per heavy atom. The molecule has 0 fully saturated rings. The van der Waals surface area contributed by atoms with Crippen LogP contribution in [-0.2, 0) is 28.6 Å². The van der Waals surface area contributed by atoms with Gasteiger partial charge < -0.3 is 19.5 Å². The van der Waals surface area contributed by atoms with Crippen LogP contribution in [0.1, 0.15) is 32.6 Å². The molecular formula is C14H27NO7P2. The number of hydrogen-bond acceptors (Lipinski definition) is 7. The third kappa shape index (κ3) is 18.8. The van der Waals surface area contributed by atoms with Gasteiger partial charge in [-0.05, 0) is 12.6 Å². The number of Topliss-reactive ketones (excluding diaryl/α,β-unsaturated/α-hetero) is 1. The Morgan fingerprint density at radius 3 is 2.21 bits per heavy atom. The van der Waals surface area contributed by atoms with E-state index in [4.69, 9.17) is 9.47 Å². The molecule has 0 aliphatic rings. The third-order valence-electron chi connectivity index (χ3n) is 2.42. The number of nitrogens with one attached hydrogen (secondary N) is 1. The van der Waals surface area contributed by atoms with Crippen LogP contribution >= 0.6 is 17.2 Å². The molecule has 1 N–H and O–H groups in total. The van der Waals surface area contributed by atoms with Crippen molar-refractivity contribution in [1.29, 1.82) is 0 Å². The van der Waals surface area contributed by atoms with Gasteiger partial charge >= 0.3 is 18.0 Å². The molecule has 10 heteroatoms. The topological polar surface area (TPSA) is 108 Å². The molecule has 2 unspecified atom stereocenters. The van der Waals surface area contributed by atoms with Gasteiger partial charge in [-0.1, -0.05) is 6.92 Å². The molecule has 0 bridgehead atoms. The third-order valence-corrected chi connectivity index (χ3v) is 3.83. The van der Waals surface area contributed by atoms with Gasteiger partial charge in [0.15, 0.2) is 5.78 Å². The van der Waals surface area contributed by atoms with Crippen molar-refractivity contribution in [2.45, 2.75) is 32.6 Å². The van der Waals surface area contributed by atoms with E-state index >= 15 is 0 Å². The molecule has 0 aromatic carbocycles. The number of rotatable bonds is 10. The molecule has 0 rings (SSSR count). The maximum atomic E-state index is 11.3. The van der Waals surface area contributed by atoms with E-state index in [2.05, 4.69) is 19.0 Å². The van der Waals surface area contributed by atoms with Crippen LogP contribution in [0.3, 0.4) is 0 Å².